The van der Waals surface area contributed by atoms with Crippen LogP contribution in [0.5, 0.6) is 0 Å². The van der Waals surface area contributed by atoms with Gasteiger partial charge in [-0.2, -0.15) is 0 Å². The second-order valence-electron chi connectivity index (χ2n) is 3.71. The maximum absolute atomic E-state index is 11.7. The van der Waals surface area contributed by atoms with Crippen molar-refractivity contribution in [2.24, 2.45) is 0 Å². The highest BCUT2D eigenvalue weighted by molar-refractivity contribution is 7.94. The zero-order valence-electron chi connectivity index (χ0n) is 9.57. The Morgan fingerprint density at radius 2 is 1.89 bits per heavy atom. The van der Waals surface area contributed by atoms with Crippen molar-refractivity contribution in [1.29, 1.82) is 0 Å². The van der Waals surface area contributed by atoms with Crippen LogP contribution in [0.25, 0.3) is 0 Å². The van der Waals surface area contributed by atoms with Crippen molar-refractivity contribution < 1.29 is 18.3 Å². The van der Waals surface area contributed by atoms with Crippen LogP contribution in [0.4, 0.5) is 5.69 Å². The standard InChI is InChI=1S/C10H11Cl2NO4S/c1-5-3-8(12)9(4-7(5)11)13-18(16,17)6(2)10(14)15/h3-4,6,13H,1-2H3,(H,14,15). The maximum Gasteiger partial charge on any atom is 0.323 e. The number of hydrogen-bond acceptors (Lipinski definition) is 3. The maximum atomic E-state index is 11.7. The number of aliphatic carboxylic acids is 1. The Labute approximate surface area is 115 Å². The van der Waals surface area contributed by atoms with Crippen LogP contribution in [-0.2, 0) is 14.8 Å². The van der Waals surface area contributed by atoms with Gasteiger partial charge in [-0.3, -0.25) is 9.52 Å². The van der Waals surface area contributed by atoms with Gasteiger partial charge >= 0.3 is 5.97 Å². The molecule has 1 rings (SSSR count). The van der Waals surface area contributed by atoms with Crippen molar-refractivity contribution in [3.63, 3.8) is 0 Å². The number of anilines is 1. The molecule has 2 N–H and O–H groups in total. The number of sulfonamides is 1. The van der Waals surface area contributed by atoms with E-state index in [2.05, 4.69) is 4.72 Å². The summed E-state index contributed by atoms with van der Waals surface area (Å²) < 4.78 is 25.5. The summed E-state index contributed by atoms with van der Waals surface area (Å²) >= 11 is 11.7. The van der Waals surface area contributed by atoms with Crippen molar-refractivity contribution in [1.82, 2.24) is 0 Å². The summed E-state index contributed by atoms with van der Waals surface area (Å²) in [6.45, 7) is 2.78. The number of carbonyl (C=O) groups is 1. The van der Waals surface area contributed by atoms with Crippen molar-refractivity contribution in [2.75, 3.05) is 4.72 Å². The number of halogens is 2. The third-order valence-corrected chi connectivity index (χ3v) is 4.67. The lowest BCUT2D eigenvalue weighted by molar-refractivity contribution is -0.136. The number of carboxylic acid groups (broad SMARTS) is 1. The molecule has 18 heavy (non-hydrogen) atoms. The number of hydrogen-bond donors (Lipinski definition) is 2. The van der Waals surface area contributed by atoms with Crippen LogP contribution in [0.1, 0.15) is 12.5 Å². The van der Waals surface area contributed by atoms with Gasteiger partial charge in [-0.1, -0.05) is 23.2 Å². The van der Waals surface area contributed by atoms with E-state index in [0.717, 1.165) is 6.92 Å². The van der Waals surface area contributed by atoms with Gasteiger partial charge in [-0.05, 0) is 31.5 Å². The first-order chi connectivity index (χ1) is 8.15. The first kappa shape index (κ1) is 15.1. The SMILES string of the molecule is Cc1cc(Cl)c(NS(=O)(=O)C(C)C(=O)O)cc1Cl. The molecule has 0 fully saturated rings. The Morgan fingerprint density at radius 3 is 2.39 bits per heavy atom. The normalized spacial score (nSPS) is 13.1. The minimum absolute atomic E-state index is 0.0559. The highest BCUT2D eigenvalue weighted by Crippen LogP contribution is 2.29. The average Bonchev–Trinajstić information content (AvgIpc) is 2.24. The van der Waals surface area contributed by atoms with E-state index in [9.17, 15) is 13.2 Å². The summed E-state index contributed by atoms with van der Waals surface area (Å²) in [4.78, 5) is 10.7. The van der Waals surface area contributed by atoms with Crippen molar-refractivity contribution in [3.8, 4) is 0 Å². The van der Waals surface area contributed by atoms with E-state index in [0.29, 0.717) is 10.6 Å². The van der Waals surface area contributed by atoms with Gasteiger partial charge in [0.1, 0.15) is 0 Å². The van der Waals surface area contributed by atoms with E-state index < -0.39 is 21.2 Å². The second kappa shape index (κ2) is 5.34. The lowest BCUT2D eigenvalue weighted by atomic mass is 10.2. The number of nitrogens with one attached hydrogen (secondary N) is 1. The van der Waals surface area contributed by atoms with E-state index in [1.54, 1.807) is 6.92 Å². The molecule has 0 saturated carbocycles. The Bertz CT molecular complexity index is 586. The van der Waals surface area contributed by atoms with Crippen molar-refractivity contribution >= 4 is 44.9 Å². The summed E-state index contributed by atoms with van der Waals surface area (Å²) in [7, 11) is -4.06. The van der Waals surface area contributed by atoms with E-state index in [1.165, 1.54) is 12.1 Å². The third kappa shape index (κ3) is 3.28. The quantitative estimate of drug-likeness (QED) is 0.895. The van der Waals surface area contributed by atoms with Gasteiger partial charge in [0.15, 0.2) is 5.25 Å². The molecule has 0 aliphatic rings. The predicted molar refractivity (Wildman–Crippen MR) is 70.8 cm³/mol. The Balaban J connectivity index is 3.13. The molecule has 1 unspecified atom stereocenters. The summed E-state index contributed by atoms with van der Waals surface area (Å²) in [6.07, 6.45) is 0. The molecular weight excluding hydrogens is 301 g/mol. The fourth-order valence-corrected chi connectivity index (χ4v) is 2.50. The van der Waals surface area contributed by atoms with Gasteiger partial charge < -0.3 is 5.11 Å². The number of benzene rings is 1. The Hall–Kier alpha value is -0.980. The van der Waals surface area contributed by atoms with Crippen LogP contribution in [0, 0.1) is 6.92 Å². The molecule has 0 bridgehead atoms. The smallest absolute Gasteiger partial charge is 0.323 e. The fourth-order valence-electron chi connectivity index (χ4n) is 1.10. The minimum Gasteiger partial charge on any atom is -0.480 e. The average molecular weight is 312 g/mol. The van der Waals surface area contributed by atoms with Crippen LogP contribution >= 0.6 is 23.2 Å². The molecule has 0 aliphatic heterocycles. The zero-order chi connectivity index (χ0) is 14.1. The fraction of sp³-hybridized carbons (Fsp3) is 0.300. The molecule has 5 nitrogen and oxygen atoms in total. The predicted octanol–water partition coefficient (Wildman–Crippen LogP) is 2.52. The molecule has 0 saturated heterocycles. The highest BCUT2D eigenvalue weighted by Gasteiger charge is 2.28. The largest absolute Gasteiger partial charge is 0.480 e. The molecule has 0 aliphatic carbocycles. The van der Waals surface area contributed by atoms with E-state index in [1.807, 2.05) is 0 Å². The topological polar surface area (TPSA) is 83.5 Å². The Morgan fingerprint density at radius 1 is 1.33 bits per heavy atom. The van der Waals surface area contributed by atoms with Gasteiger partial charge in [0.2, 0.25) is 10.0 Å². The van der Waals surface area contributed by atoms with Crippen molar-refractivity contribution in [3.05, 3.63) is 27.7 Å². The Kier molecular flexibility index (Phi) is 4.47. The number of rotatable bonds is 4. The summed E-state index contributed by atoms with van der Waals surface area (Å²) in [5, 5.41) is 7.58. The van der Waals surface area contributed by atoms with Crippen LogP contribution in [0.15, 0.2) is 12.1 Å². The summed E-state index contributed by atoms with van der Waals surface area (Å²) in [5.41, 5.74) is 0.747. The van der Waals surface area contributed by atoms with E-state index >= 15 is 0 Å². The first-order valence-electron chi connectivity index (χ1n) is 4.85. The molecule has 0 heterocycles. The van der Waals surface area contributed by atoms with Gasteiger partial charge in [-0.25, -0.2) is 8.42 Å². The molecular formula is C10H11Cl2NO4S. The molecule has 1 aromatic carbocycles. The van der Waals surface area contributed by atoms with Crippen LogP contribution in [0.2, 0.25) is 10.0 Å². The van der Waals surface area contributed by atoms with Crippen molar-refractivity contribution in [2.45, 2.75) is 19.1 Å². The monoisotopic (exact) mass is 311 g/mol. The lowest BCUT2D eigenvalue weighted by Crippen LogP contribution is -2.32. The molecule has 0 radical (unpaired) electrons. The molecule has 0 aromatic heterocycles. The first-order valence-corrected chi connectivity index (χ1v) is 7.15. The molecule has 100 valence electrons. The lowest BCUT2D eigenvalue weighted by Gasteiger charge is -2.13. The highest BCUT2D eigenvalue weighted by atomic mass is 35.5. The minimum atomic E-state index is -4.06. The van der Waals surface area contributed by atoms with Gasteiger partial charge in [0.25, 0.3) is 0 Å². The summed E-state index contributed by atoms with van der Waals surface area (Å²) in [5.74, 6) is -1.45. The molecule has 0 amide bonds. The van der Waals surface area contributed by atoms with E-state index in [-0.39, 0.29) is 10.7 Å². The van der Waals surface area contributed by atoms with Crippen LogP contribution in [0.3, 0.4) is 0 Å². The molecule has 1 aromatic rings. The molecule has 1 atom stereocenters. The molecule has 0 spiro atoms. The van der Waals surface area contributed by atoms with Gasteiger partial charge in [-0.15, -0.1) is 0 Å². The second-order valence-corrected chi connectivity index (χ2v) is 6.52. The molecule has 8 heteroatoms. The zero-order valence-corrected chi connectivity index (χ0v) is 11.9. The number of aryl methyl sites for hydroxylation is 1. The van der Waals surface area contributed by atoms with Gasteiger partial charge in [0, 0.05) is 5.02 Å². The van der Waals surface area contributed by atoms with Crippen LogP contribution < -0.4 is 4.72 Å². The van der Waals surface area contributed by atoms with Gasteiger partial charge in [0.05, 0.1) is 10.7 Å². The van der Waals surface area contributed by atoms with Crippen LogP contribution in [-0.4, -0.2) is 24.7 Å². The third-order valence-electron chi connectivity index (χ3n) is 2.31. The number of carboxylic acids is 1. The summed E-state index contributed by atoms with van der Waals surface area (Å²) in [6, 6.07) is 2.83. The van der Waals surface area contributed by atoms with E-state index in [4.69, 9.17) is 28.3 Å².